The molecule has 2 atom stereocenters. The van der Waals surface area contributed by atoms with E-state index in [2.05, 4.69) is 29.2 Å². The van der Waals surface area contributed by atoms with Gasteiger partial charge in [-0.3, -0.25) is 9.69 Å². The Bertz CT molecular complexity index is 570. The summed E-state index contributed by atoms with van der Waals surface area (Å²) in [6.07, 6.45) is 0.768. The molecule has 2 aromatic carbocycles. The molecule has 1 fully saturated rings. The van der Waals surface area contributed by atoms with E-state index in [1.807, 2.05) is 43.3 Å². The predicted molar refractivity (Wildman–Crippen MR) is 86.1 cm³/mol. The van der Waals surface area contributed by atoms with Crippen molar-refractivity contribution in [1.29, 1.82) is 0 Å². The monoisotopic (exact) mass is 295 g/mol. The van der Waals surface area contributed by atoms with Crippen LogP contribution in [-0.4, -0.2) is 23.0 Å². The first-order chi connectivity index (χ1) is 10.7. The van der Waals surface area contributed by atoms with Crippen LogP contribution in [0.2, 0.25) is 0 Å². The minimum absolute atomic E-state index is 0.00606. The second-order valence-electron chi connectivity index (χ2n) is 5.88. The Morgan fingerprint density at radius 1 is 0.955 bits per heavy atom. The van der Waals surface area contributed by atoms with Crippen LogP contribution in [0.5, 0.6) is 0 Å². The maximum absolute atomic E-state index is 12.1. The van der Waals surface area contributed by atoms with Gasteiger partial charge in [0.05, 0.1) is 0 Å². The Morgan fingerprint density at radius 3 is 1.86 bits per heavy atom. The molecular formula is C19H21NO2. The number of benzene rings is 2. The average Bonchev–Trinajstić information content (AvgIpc) is 2.87. The maximum atomic E-state index is 12.1. The van der Waals surface area contributed by atoms with Gasteiger partial charge in [0.1, 0.15) is 12.1 Å². The lowest BCUT2D eigenvalue weighted by molar-refractivity contribution is -0.145. The van der Waals surface area contributed by atoms with Gasteiger partial charge in [-0.25, -0.2) is 0 Å². The zero-order chi connectivity index (χ0) is 15.4. The van der Waals surface area contributed by atoms with Gasteiger partial charge in [0.25, 0.3) is 0 Å². The molecule has 22 heavy (non-hydrogen) atoms. The van der Waals surface area contributed by atoms with E-state index in [1.165, 1.54) is 11.1 Å². The van der Waals surface area contributed by atoms with Crippen molar-refractivity contribution in [2.45, 2.75) is 38.6 Å². The van der Waals surface area contributed by atoms with Crippen molar-refractivity contribution in [3.63, 3.8) is 0 Å². The summed E-state index contributed by atoms with van der Waals surface area (Å²) in [5.74, 6) is -0.0978. The summed E-state index contributed by atoms with van der Waals surface area (Å²) in [4.78, 5) is 14.4. The highest BCUT2D eigenvalue weighted by molar-refractivity contribution is 5.78. The van der Waals surface area contributed by atoms with Gasteiger partial charge in [0.2, 0.25) is 0 Å². The molecule has 1 aliphatic rings. The van der Waals surface area contributed by atoms with Gasteiger partial charge in [-0.1, -0.05) is 60.7 Å². The lowest BCUT2D eigenvalue weighted by atomic mass is 10.1. The highest BCUT2D eigenvalue weighted by Gasteiger charge is 2.36. The molecule has 1 aliphatic heterocycles. The molecule has 2 aromatic rings. The van der Waals surface area contributed by atoms with E-state index in [9.17, 15) is 4.79 Å². The minimum Gasteiger partial charge on any atom is -0.461 e. The fourth-order valence-electron chi connectivity index (χ4n) is 2.95. The van der Waals surface area contributed by atoms with Crippen LogP contribution in [0, 0.1) is 0 Å². The van der Waals surface area contributed by atoms with Crippen molar-refractivity contribution in [2.24, 2.45) is 0 Å². The van der Waals surface area contributed by atoms with Crippen LogP contribution >= 0.6 is 0 Å². The second-order valence-corrected chi connectivity index (χ2v) is 5.88. The van der Waals surface area contributed by atoms with Gasteiger partial charge in [0.15, 0.2) is 0 Å². The van der Waals surface area contributed by atoms with Crippen molar-refractivity contribution in [3.05, 3.63) is 71.8 Å². The summed E-state index contributed by atoms with van der Waals surface area (Å²) < 4.78 is 5.35. The molecule has 0 N–H and O–H groups in total. The summed E-state index contributed by atoms with van der Waals surface area (Å²) >= 11 is 0. The molecule has 0 saturated carbocycles. The van der Waals surface area contributed by atoms with E-state index < -0.39 is 0 Å². The van der Waals surface area contributed by atoms with Crippen molar-refractivity contribution >= 4 is 5.97 Å². The first kappa shape index (κ1) is 14.8. The molecule has 1 saturated heterocycles. The Morgan fingerprint density at radius 2 is 1.45 bits per heavy atom. The first-order valence-corrected chi connectivity index (χ1v) is 7.75. The fourth-order valence-corrected chi connectivity index (χ4v) is 2.95. The molecule has 0 aromatic heterocycles. The third kappa shape index (κ3) is 3.55. The van der Waals surface area contributed by atoms with E-state index >= 15 is 0 Å². The van der Waals surface area contributed by atoms with Gasteiger partial charge in [-0.05, 0) is 18.1 Å². The molecule has 0 spiro atoms. The summed E-state index contributed by atoms with van der Waals surface area (Å²) in [6.45, 7) is 3.46. The highest BCUT2D eigenvalue weighted by atomic mass is 16.6. The predicted octanol–water partition coefficient (Wildman–Crippen LogP) is 3.39. The quantitative estimate of drug-likeness (QED) is 0.792. The number of cyclic esters (lactones) is 1. The highest BCUT2D eigenvalue weighted by Crippen LogP contribution is 2.23. The molecule has 0 unspecified atom stereocenters. The standard InChI is InChI=1S/C19H21NO2/c1-15-12-18(19(21)22-15)20(13-16-8-4-2-5-9-16)14-17-10-6-3-7-11-17/h2-11,15,18H,12-14H2,1H3/t15-,18+/m0/s1. The van der Waals surface area contributed by atoms with Gasteiger partial charge in [0, 0.05) is 19.5 Å². The molecule has 3 heteroatoms. The van der Waals surface area contributed by atoms with Gasteiger partial charge >= 0.3 is 5.97 Å². The Labute approximate surface area is 131 Å². The molecule has 3 nitrogen and oxygen atoms in total. The third-order valence-electron chi connectivity index (χ3n) is 4.04. The van der Waals surface area contributed by atoms with Crippen LogP contribution in [-0.2, 0) is 22.6 Å². The van der Waals surface area contributed by atoms with Crippen LogP contribution < -0.4 is 0 Å². The lowest BCUT2D eigenvalue weighted by Gasteiger charge is -2.26. The van der Waals surface area contributed by atoms with Crippen molar-refractivity contribution in [1.82, 2.24) is 4.90 Å². The largest absolute Gasteiger partial charge is 0.461 e. The topological polar surface area (TPSA) is 29.5 Å². The van der Waals surface area contributed by atoms with E-state index in [1.54, 1.807) is 0 Å². The van der Waals surface area contributed by atoms with E-state index in [0.29, 0.717) is 0 Å². The minimum atomic E-state index is -0.157. The SMILES string of the molecule is C[C@H]1C[C@@H](N(Cc2ccccc2)Cc2ccccc2)C(=O)O1. The van der Waals surface area contributed by atoms with Crippen LogP contribution in [0.15, 0.2) is 60.7 Å². The van der Waals surface area contributed by atoms with Crippen molar-refractivity contribution < 1.29 is 9.53 Å². The smallest absolute Gasteiger partial charge is 0.323 e. The van der Waals surface area contributed by atoms with Crippen molar-refractivity contribution in [2.75, 3.05) is 0 Å². The summed E-state index contributed by atoms with van der Waals surface area (Å²) in [5, 5.41) is 0. The lowest BCUT2D eigenvalue weighted by Crippen LogP contribution is -2.37. The number of ether oxygens (including phenoxy) is 1. The number of hydrogen-bond donors (Lipinski definition) is 0. The van der Waals surface area contributed by atoms with Crippen molar-refractivity contribution in [3.8, 4) is 0 Å². The number of nitrogens with zero attached hydrogens (tertiary/aromatic N) is 1. The zero-order valence-corrected chi connectivity index (χ0v) is 12.8. The summed E-state index contributed by atoms with van der Waals surface area (Å²) in [5.41, 5.74) is 2.43. The normalized spacial score (nSPS) is 21.1. The molecule has 0 bridgehead atoms. The number of hydrogen-bond acceptors (Lipinski definition) is 3. The summed E-state index contributed by atoms with van der Waals surface area (Å²) in [7, 11) is 0. The van der Waals surface area contributed by atoms with E-state index in [4.69, 9.17) is 4.74 Å². The molecule has 0 radical (unpaired) electrons. The molecule has 1 heterocycles. The second kappa shape index (κ2) is 6.75. The zero-order valence-electron chi connectivity index (χ0n) is 12.8. The van der Waals surface area contributed by atoms with Crippen LogP contribution in [0.3, 0.4) is 0 Å². The van der Waals surface area contributed by atoms with Gasteiger partial charge in [-0.2, -0.15) is 0 Å². The summed E-state index contributed by atoms with van der Waals surface area (Å²) in [6, 6.07) is 20.4. The number of carbonyl (C=O) groups excluding carboxylic acids is 1. The molecule has 0 aliphatic carbocycles. The number of carbonyl (C=O) groups is 1. The van der Waals surface area contributed by atoms with Crippen LogP contribution in [0.1, 0.15) is 24.5 Å². The van der Waals surface area contributed by atoms with Gasteiger partial charge < -0.3 is 4.74 Å². The molecule has 114 valence electrons. The number of esters is 1. The van der Waals surface area contributed by atoms with Gasteiger partial charge in [-0.15, -0.1) is 0 Å². The average molecular weight is 295 g/mol. The third-order valence-corrected chi connectivity index (χ3v) is 4.04. The molecule has 3 rings (SSSR count). The Hall–Kier alpha value is -2.13. The van der Waals surface area contributed by atoms with E-state index in [-0.39, 0.29) is 18.1 Å². The fraction of sp³-hybridized carbons (Fsp3) is 0.316. The van der Waals surface area contributed by atoms with Crippen LogP contribution in [0.4, 0.5) is 0 Å². The Balaban J connectivity index is 1.80. The first-order valence-electron chi connectivity index (χ1n) is 7.75. The van der Waals surface area contributed by atoms with Crippen LogP contribution in [0.25, 0.3) is 0 Å². The molecule has 0 amide bonds. The molecular weight excluding hydrogens is 274 g/mol. The number of rotatable bonds is 5. The Kier molecular flexibility index (Phi) is 4.54. The maximum Gasteiger partial charge on any atom is 0.323 e. The van der Waals surface area contributed by atoms with E-state index in [0.717, 1.165) is 19.5 Å².